The molecule has 0 aliphatic rings. The lowest BCUT2D eigenvalue weighted by Crippen LogP contribution is -2.01. The van der Waals surface area contributed by atoms with E-state index >= 15 is 0 Å². The molecule has 0 fully saturated rings. The van der Waals surface area contributed by atoms with Crippen LogP contribution in [0.25, 0.3) is 10.8 Å². The van der Waals surface area contributed by atoms with Crippen LogP contribution in [0.2, 0.25) is 5.02 Å². The molecule has 3 aromatic carbocycles. The first-order valence-corrected chi connectivity index (χ1v) is 7.86. The van der Waals surface area contributed by atoms with Gasteiger partial charge in [-0.1, -0.05) is 70.0 Å². The summed E-state index contributed by atoms with van der Waals surface area (Å²) in [6.45, 7) is 1.95. The first-order chi connectivity index (χ1) is 10.1. The van der Waals surface area contributed by atoms with E-state index < -0.39 is 6.10 Å². The van der Waals surface area contributed by atoms with Gasteiger partial charge in [0.15, 0.2) is 0 Å². The molecule has 0 saturated heterocycles. The zero-order valence-corrected chi connectivity index (χ0v) is 13.8. The number of hydrogen-bond donors (Lipinski definition) is 1. The highest BCUT2D eigenvalue weighted by molar-refractivity contribution is 9.10. The summed E-state index contributed by atoms with van der Waals surface area (Å²) < 4.78 is 1.02. The molecule has 0 aliphatic heterocycles. The Kier molecular flexibility index (Phi) is 4.03. The van der Waals surface area contributed by atoms with Crippen LogP contribution < -0.4 is 0 Å². The number of fused-ring (bicyclic) bond motifs is 1. The summed E-state index contributed by atoms with van der Waals surface area (Å²) in [7, 11) is 0. The Hall–Kier alpha value is -1.35. The number of rotatable bonds is 2. The Morgan fingerprint density at radius 1 is 1.00 bits per heavy atom. The number of benzene rings is 3. The second-order valence-electron chi connectivity index (χ2n) is 5.09. The van der Waals surface area contributed by atoms with Crippen molar-refractivity contribution in [2.75, 3.05) is 0 Å². The molecule has 0 aromatic heterocycles. The highest BCUT2D eigenvalue weighted by Crippen LogP contribution is 2.33. The molecule has 3 aromatic rings. The van der Waals surface area contributed by atoms with E-state index in [1.165, 1.54) is 0 Å². The van der Waals surface area contributed by atoms with Gasteiger partial charge in [-0.3, -0.25) is 0 Å². The lowest BCUT2D eigenvalue weighted by atomic mass is 9.95. The van der Waals surface area contributed by atoms with Crippen molar-refractivity contribution in [3.8, 4) is 0 Å². The number of aryl methyl sites for hydroxylation is 1. The molecule has 0 radical (unpaired) electrons. The molecule has 3 heteroatoms. The lowest BCUT2D eigenvalue weighted by molar-refractivity contribution is 0.222. The van der Waals surface area contributed by atoms with E-state index in [1.54, 1.807) is 0 Å². The summed E-state index contributed by atoms with van der Waals surface area (Å²) in [5, 5.41) is 13.5. The third kappa shape index (κ3) is 2.71. The summed E-state index contributed by atoms with van der Waals surface area (Å²) in [5.41, 5.74) is 2.69. The molecule has 3 rings (SSSR count). The van der Waals surface area contributed by atoms with Gasteiger partial charge in [-0.2, -0.15) is 0 Å². The maximum atomic E-state index is 10.7. The van der Waals surface area contributed by atoms with Gasteiger partial charge in [0.05, 0.1) is 0 Å². The standard InChI is InChI=1S/C18H14BrClO/c1-11-6-7-12(10-17(11)20)18(21)15-8-9-16(19)14-5-3-2-4-13(14)15/h2-10,18,21H,1H3. The summed E-state index contributed by atoms with van der Waals surface area (Å²) in [6.07, 6.45) is -0.693. The van der Waals surface area contributed by atoms with Crippen molar-refractivity contribution in [2.45, 2.75) is 13.0 Å². The molecular weight excluding hydrogens is 348 g/mol. The summed E-state index contributed by atoms with van der Waals surface area (Å²) >= 11 is 9.73. The van der Waals surface area contributed by atoms with Gasteiger partial charge < -0.3 is 5.11 Å². The van der Waals surface area contributed by atoms with Crippen molar-refractivity contribution in [1.29, 1.82) is 0 Å². The van der Waals surface area contributed by atoms with Crippen molar-refractivity contribution in [2.24, 2.45) is 0 Å². The molecule has 0 saturated carbocycles. The van der Waals surface area contributed by atoms with Gasteiger partial charge in [0.2, 0.25) is 0 Å². The highest BCUT2D eigenvalue weighted by Gasteiger charge is 2.15. The molecule has 0 aliphatic carbocycles. The minimum atomic E-state index is -0.693. The van der Waals surface area contributed by atoms with E-state index in [-0.39, 0.29) is 0 Å². The van der Waals surface area contributed by atoms with Crippen LogP contribution in [0.1, 0.15) is 22.8 Å². The van der Waals surface area contributed by atoms with Crippen LogP contribution in [-0.4, -0.2) is 5.11 Å². The van der Waals surface area contributed by atoms with Crippen LogP contribution in [0.15, 0.2) is 59.1 Å². The Labute approximate surface area is 137 Å². The van der Waals surface area contributed by atoms with Crippen LogP contribution in [0.5, 0.6) is 0 Å². The smallest absolute Gasteiger partial charge is 0.105 e. The zero-order valence-electron chi connectivity index (χ0n) is 11.5. The van der Waals surface area contributed by atoms with Gasteiger partial charge in [0.25, 0.3) is 0 Å². The predicted octanol–water partition coefficient (Wildman–Crippen LogP) is 5.65. The molecule has 0 amide bonds. The Morgan fingerprint density at radius 2 is 1.71 bits per heavy atom. The maximum Gasteiger partial charge on any atom is 0.105 e. The molecule has 0 spiro atoms. The van der Waals surface area contributed by atoms with Crippen LogP contribution in [0, 0.1) is 6.92 Å². The molecule has 0 heterocycles. The second-order valence-corrected chi connectivity index (χ2v) is 6.35. The number of aliphatic hydroxyl groups is 1. The maximum absolute atomic E-state index is 10.7. The Morgan fingerprint density at radius 3 is 2.43 bits per heavy atom. The van der Waals surface area contributed by atoms with Crippen molar-refractivity contribution >= 4 is 38.3 Å². The van der Waals surface area contributed by atoms with E-state index in [9.17, 15) is 5.11 Å². The van der Waals surface area contributed by atoms with Crippen molar-refractivity contribution in [1.82, 2.24) is 0 Å². The van der Waals surface area contributed by atoms with E-state index in [4.69, 9.17) is 11.6 Å². The highest BCUT2D eigenvalue weighted by atomic mass is 79.9. The van der Waals surface area contributed by atoms with Crippen molar-refractivity contribution in [3.05, 3.63) is 80.8 Å². The van der Waals surface area contributed by atoms with Gasteiger partial charge >= 0.3 is 0 Å². The molecule has 1 N–H and O–H groups in total. The van der Waals surface area contributed by atoms with E-state index in [0.29, 0.717) is 5.02 Å². The third-order valence-corrected chi connectivity index (χ3v) is 4.81. The molecule has 21 heavy (non-hydrogen) atoms. The molecule has 1 unspecified atom stereocenters. The fraction of sp³-hybridized carbons (Fsp3) is 0.111. The monoisotopic (exact) mass is 360 g/mol. The average molecular weight is 362 g/mol. The number of halogens is 2. The van der Waals surface area contributed by atoms with Crippen LogP contribution in [-0.2, 0) is 0 Å². The molecule has 106 valence electrons. The molecule has 1 atom stereocenters. The minimum Gasteiger partial charge on any atom is -0.384 e. The van der Waals surface area contributed by atoms with Gasteiger partial charge in [0, 0.05) is 9.50 Å². The van der Waals surface area contributed by atoms with Gasteiger partial charge in [-0.05, 0) is 46.5 Å². The number of aliphatic hydroxyl groups excluding tert-OH is 1. The normalized spacial score (nSPS) is 12.6. The van der Waals surface area contributed by atoms with Gasteiger partial charge in [-0.25, -0.2) is 0 Å². The third-order valence-electron chi connectivity index (χ3n) is 3.71. The molecular formula is C18H14BrClO. The predicted molar refractivity (Wildman–Crippen MR) is 91.9 cm³/mol. The van der Waals surface area contributed by atoms with Crippen LogP contribution >= 0.6 is 27.5 Å². The lowest BCUT2D eigenvalue weighted by Gasteiger charge is -2.16. The van der Waals surface area contributed by atoms with E-state index in [0.717, 1.165) is 31.9 Å². The average Bonchev–Trinajstić information content (AvgIpc) is 2.50. The first kappa shape index (κ1) is 14.6. The van der Waals surface area contributed by atoms with Crippen molar-refractivity contribution in [3.63, 3.8) is 0 Å². The second kappa shape index (κ2) is 5.80. The van der Waals surface area contributed by atoms with E-state index in [2.05, 4.69) is 15.9 Å². The summed E-state index contributed by atoms with van der Waals surface area (Å²) in [5.74, 6) is 0. The van der Waals surface area contributed by atoms with Crippen LogP contribution in [0.3, 0.4) is 0 Å². The SMILES string of the molecule is Cc1ccc(C(O)c2ccc(Br)c3ccccc23)cc1Cl. The Balaban J connectivity index is 2.15. The van der Waals surface area contributed by atoms with Gasteiger partial charge in [-0.15, -0.1) is 0 Å². The van der Waals surface area contributed by atoms with Crippen molar-refractivity contribution < 1.29 is 5.11 Å². The topological polar surface area (TPSA) is 20.2 Å². The van der Waals surface area contributed by atoms with Gasteiger partial charge in [0.1, 0.15) is 6.10 Å². The number of hydrogen-bond acceptors (Lipinski definition) is 1. The Bertz CT molecular complexity index is 813. The van der Waals surface area contributed by atoms with Crippen LogP contribution in [0.4, 0.5) is 0 Å². The minimum absolute atomic E-state index is 0.674. The first-order valence-electron chi connectivity index (χ1n) is 6.69. The summed E-state index contributed by atoms with van der Waals surface area (Å²) in [4.78, 5) is 0. The molecule has 0 bridgehead atoms. The van der Waals surface area contributed by atoms with E-state index in [1.807, 2.05) is 61.5 Å². The molecule has 1 nitrogen and oxygen atoms in total. The fourth-order valence-corrected chi connectivity index (χ4v) is 3.15. The fourth-order valence-electron chi connectivity index (χ4n) is 2.48. The zero-order chi connectivity index (χ0) is 15.0. The quantitative estimate of drug-likeness (QED) is 0.625. The largest absolute Gasteiger partial charge is 0.384 e. The summed E-state index contributed by atoms with van der Waals surface area (Å²) in [6, 6.07) is 17.6.